The van der Waals surface area contributed by atoms with Gasteiger partial charge in [0, 0.05) is 0 Å². The molecule has 25 heavy (non-hydrogen) atoms. The standard InChI is InChI=1S/C20H19NO4/c21-11-17-19(24-13-16-9-5-2-6-10-16)18(25-20(17)22)14-23-12-15-7-3-1-4-8-15/h1-10,17-19H,12-14H2/t17-,18-,19+/m1/s1. The van der Waals surface area contributed by atoms with Gasteiger partial charge < -0.3 is 14.2 Å². The monoisotopic (exact) mass is 337 g/mol. The summed E-state index contributed by atoms with van der Waals surface area (Å²) in [6, 6.07) is 21.3. The lowest BCUT2D eigenvalue weighted by Gasteiger charge is -2.19. The Bertz CT molecular complexity index is 726. The topological polar surface area (TPSA) is 68.6 Å². The van der Waals surface area contributed by atoms with Gasteiger partial charge in [-0.15, -0.1) is 0 Å². The fraction of sp³-hybridized carbons (Fsp3) is 0.300. The summed E-state index contributed by atoms with van der Waals surface area (Å²) in [4.78, 5) is 11.9. The first-order valence-electron chi connectivity index (χ1n) is 8.15. The van der Waals surface area contributed by atoms with E-state index in [0.29, 0.717) is 13.2 Å². The zero-order valence-electron chi connectivity index (χ0n) is 13.7. The van der Waals surface area contributed by atoms with Gasteiger partial charge in [-0.25, -0.2) is 0 Å². The van der Waals surface area contributed by atoms with Crippen LogP contribution in [-0.2, 0) is 32.2 Å². The second kappa shape index (κ2) is 8.43. The predicted molar refractivity (Wildman–Crippen MR) is 90.1 cm³/mol. The van der Waals surface area contributed by atoms with E-state index in [0.717, 1.165) is 11.1 Å². The maximum Gasteiger partial charge on any atom is 0.326 e. The Kier molecular flexibility index (Phi) is 5.78. The SMILES string of the molecule is N#C[C@H]1C(=O)O[C@H](COCc2ccccc2)[C@H]1OCc1ccccc1. The molecule has 0 aliphatic carbocycles. The van der Waals surface area contributed by atoms with Gasteiger partial charge in [-0.1, -0.05) is 60.7 Å². The van der Waals surface area contributed by atoms with Crippen molar-refractivity contribution < 1.29 is 19.0 Å². The second-order valence-corrected chi connectivity index (χ2v) is 5.84. The first kappa shape index (κ1) is 17.2. The molecule has 1 heterocycles. The van der Waals surface area contributed by atoms with Crippen LogP contribution in [0, 0.1) is 17.2 Å². The maximum atomic E-state index is 11.9. The summed E-state index contributed by atoms with van der Waals surface area (Å²) in [5, 5.41) is 9.25. The number of carbonyl (C=O) groups excluding carboxylic acids is 1. The Labute approximate surface area is 146 Å². The van der Waals surface area contributed by atoms with E-state index < -0.39 is 24.1 Å². The van der Waals surface area contributed by atoms with Crippen molar-refractivity contribution >= 4 is 5.97 Å². The third-order valence-corrected chi connectivity index (χ3v) is 4.03. The van der Waals surface area contributed by atoms with Crippen molar-refractivity contribution in [1.29, 1.82) is 5.26 Å². The maximum absolute atomic E-state index is 11.9. The van der Waals surface area contributed by atoms with E-state index in [1.807, 2.05) is 66.7 Å². The molecule has 1 aliphatic heterocycles. The Morgan fingerprint density at radius 3 is 2.16 bits per heavy atom. The summed E-state index contributed by atoms with van der Waals surface area (Å²) in [6.07, 6.45) is -1.21. The quantitative estimate of drug-likeness (QED) is 0.727. The van der Waals surface area contributed by atoms with E-state index in [2.05, 4.69) is 0 Å². The average molecular weight is 337 g/mol. The van der Waals surface area contributed by atoms with Crippen molar-refractivity contribution in [2.75, 3.05) is 6.61 Å². The van der Waals surface area contributed by atoms with Crippen LogP contribution in [0.4, 0.5) is 0 Å². The zero-order valence-corrected chi connectivity index (χ0v) is 13.7. The molecule has 0 amide bonds. The van der Waals surface area contributed by atoms with Crippen LogP contribution < -0.4 is 0 Å². The number of hydrogen-bond acceptors (Lipinski definition) is 5. The highest BCUT2D eigenvalue weighted by Gasteiger charge is 2.46. The van der Waals surface area contributed by atoms with Crippen molar-refractivity contribution in [1.82, 2.24) is 0 Å². The number of nitrogens with zero attached hydrogens (tertiary/aromatic N) is 1. The molecular weight excluding hydrogens is 318 g/mol. The number of ether oxygens (including phenoxy) is 3. The number of hydrogen-bond donors (Lipinski definition) is 0. The molecule has 3 rings (SSSR count). The van der Waals surface area contributed by atoms with Crippen LogP contribution in [0.2, 0.25) is 0 Å². The highest BCUT2D eigenvalue weighted by atomic mass is 16.6. The van der Waals surface area contributed by atoms with Crippen molar-refractivity contribution in [3.8, 4) is 6.07 Å². The molecule has 1 fully saturated rings. The summed E-state index contributed by atoms with van der Waals surface area (Å²) < 4.78 is 16.8. The molecule has 3 atom stereocenters. The first-order chi connectivity index (χ1) is 12.3. The number of cyclic esters (lactones) is 1. The van der Waals surface area contributed by atoms with E-state index in [4.69, 9.17) is 14.2 Å². The van der Waals surface area contributed by atoms with Crippen LogP contribution in [0.5, 0.6) is 0 Å². The Morgan fingerprint density at radius 1 is 0.960 bits per heavy atom. The Morgan fingerprint density at radius 2 is 1.56 bits per heavy atom. The minimum atomic E-state index is -0.922. The predicted octanol–water partition coefficient (Wildman–Crippen LogP) is 2.85. The molecule has 2 aromatic carbocycles. The number of esters is 1. The van der Waals surface area contributed by atoms with E-state index in [9.17, 15) is 10.1 Å². The molecule has 0 unspecified atom stereocenters. The summed E-state index contributed by atoms with van der Waals surface area (Å²) in [7, 11) is 0. The molecule has 128 valence electrons. The van der Waals surface area contributed by atoms with Gasteiger partial charge >= 0.3 is 5.97 Å². The first-order valence-corrected chi connectivity index (χ1v) is 8.15. The number of rotatable bonds is 7. The molecule has 0 N–H and O–H groups in total. The van der Waals surface area contributed by atoms with E-state index >= 15 is 0 Å². The van der Waals surface area contributed by atoms with Gasteiger partial charge in [-0.3, -0.25) is 4.79 Å². The highest BCUT2D eigenvalue weighted by molar-refractivity contribution is 5.78. The third-order valence-electron chi connectivity index (χ3n) is 4.03. The van der Waals surface area contributed by atoms with Gasteiger partial charge in [0.25, 0.3) is 0 Å². The zero-order chi connectivity index (χ0) is 17.5. The lowest BCUT2D eigenvalue weighted by molar-refractivity contribution is -0.145. The summed E-state index contributed by atoms with van der Waals surface area (Å²) in [5.41, 5.74) is 2.01. The van der Waals surface area contributed by atoms with Gasteiger partial charge in [-0.05, 0) is 11.1 Å². The summed E-state index contributed by atoms with van der Waals surface area (Å²) in [5.74, 6) is -1.47. The van der Waals surface area contributed by atoms with Gasteiger partial charge in [0.05, 0.1) is 25.9 Å². The van der Waals surface area contributed by atoms with Gasteiger partial charge in [0.1, 0.15) is 6.10 Å². The fourth-order valence-corrected chi connectivity index (χ4v) is 2.73. The van der Waals surface area contributed by atoms with Gasteiger partial charge in [-0.2, -0.15) is 5.26 Å². The van der Waals surface area contributed by atoms with Crippen molar-refractivity contribution in [2.24, 2.45) is 5.92 Å². The van der Waals surface area contributed by atoms with Crippen LogP contribution in [0.1, 0.15) is 11.1 Å². The number of carbonyl (C=O) groups is 1. The van der Waals surface area contributed by atoms with Crippen molar-refractivity contribution in [3.63, 3.8) is 0 Å². The molecule has 1 saturated heterocycles. The van der Waals surface area contributed by atoms with Crippen molar-refractivity contribution in [3.05, 3.63) is 71.8 Å². The van der Waals surface area contributed by atoms with Crippen molar-refractivity contribution in [2.45, 2.75) is 25.4 Å². The normalized spacial score (nSPS) is 22.4. The molecule has 0 aromatic heterocycles. The molecule has 0 bridgehead atoms. The molecular formula is C20H19NO4. The van der Waals surface area contributed by atoms with Gasteiger partial charge in [0.15, 0.2) is 12.0 Å². The van der Waals surface area contributed by atoms with Gasteiger partial charge in [0.2, 0.25) is 0 Å². The van der Waals surface area contributed by atoms with E-state index in [-0.39, 0.29) is 6.61 Å². The smallest absolute Gasteiger partial charge is 0.326 e. The molecule has 0 spiro atoms. The van der Waals surface area contributed by atoms with Crippen LogP contribution in [0.3, 0.4) is 0 Å². The molecule has 1 aliphatic rings. The average Bonchev–Trinajstić information content (AvgIpc) is 2.96. The molecule has 5 heteroatoms. The minimum Gasteiger partial charge on any atom is -0.456 e. The molecule has 2 aromatic rings. The van der Waals surface area contributed by atoms with Crippen LogP contribution in [0.15, 0.2) is 60.7 Å². The number of nitriles is 1. The van der Waals surface area contributed by atoms with E-state index in [1.165, 1.54) is 0 Å². The second-order valence-electron chi connectivity index (χ2n) is 5.84. The Balaban J connectivity index is 1.58. The number of benzene rings is 2. The molecule has 0 radical (unpaired) electrons. The Hall–Kier alpha value is -2.68. The lowest BCUT2D eigenvalue weighted by atomic mass is 10.0. The minimum absolute atomic E-state index is 0.193. The van der Waals surface area contributed by atoms with Crippen LogP contribution in [0.25, 0.3) is 0 Å². The van der Waals surface area contributed by atoms with Crippen LogP contribution >= 0.6 is 0 Å². The van der Waals surface area contributed by atoms with Crippen LogP contribution in [-0.4, -0.2) is 24.8 Å². The van der Waals surface area contributed by atoms with E-state index in [1.54, 1.807) is 0 Å². The molecule has 5 nitrogen and oxygen atoms in total. The largest absolute Gasteiger partial charge is 0.456 e. The fourth-order valence-electron chi connectivity index (χ4n) is 2.73. The third kappa shape index (κ3) is 4.44. The summed E-state index contributed by atoms with van der Waals surface area (Å²) >= 11 is 0. The highest BCUT2D eigenvalue weighted by Crippen LogP contribution is 2.26. The lowest BCUT2D eigenvalue weighted by Crippen LogP contribution is -2.33. The summed E-state index contributed by atoms with van der Waals surface area (Å²) in [6.45, 7) is 0.922. The molecule has 0 saturated carbocycles.